The summed E-state index contributed by atoms with van der Waals surface area (Å²) in [5.41, 5.74) is 0. The summed E-state index contributed by atoms with van der Waals surface area (Å²) in [6.07, 6.45) is -0.322. The normalized spacial score (nSPS) is 16.2. The van der Waals surface area contributed by atoms with Crippen LogP contribution in [0.25, 0.3) is 0 Å². The zero-order valence-corrected chi connectivity index (χ0v) is 10.7. The maximum absolute atomic E-state index is 11.8. The first-order chi connectivity index (χ1) is 8.04. The smallest absolute Gasteiger partial charge is 0.409 e. The van der Waals surface area contributed by atoms with Crippen molar-refractivity contribution in [3.63, 3.8) is 0 Å². The average Bonchev–Trinajstić information content (AvgIpc) is 2.35. The molecule has 1 fully saturated rings. The third-order valence-electron chi connectivity index (χ3n) is 2.73. The lowest BCUT2D eigenvalue weighted by Gasteiger charge is -2.34. The summed E-state index contributed by atoms with van der Waals surface area (Å²) in [6.45, 7) is 6.60. The summed E-state index contributed by atoms with van der Waals surface area (Å²) in [5.74, 6) is 0.0863. The van der Waals surface area contributed by atoms with Crippen LogP contribution in [0, 0.1) is 0 Å². The second-order valence-electron chi connectivity index (χ2n) is 4.37. The summed E-state index contributed by atoms with van der Waals surface area (Å²) < 4.78 is 4.64. The number of carbonyl (C=O) groups is 2. The van der Waals surface area contributed by atoms with E-state index in [0.717, 1.165) is 0 Å². The first-order valence-electron chi connectivity index (χ1n) is 5.88. The van der Waals surface area contributed by atoms with E-state index in [1.165, 1.54) is 7.11 Å². The molecule has 0 saturated carbocycles. The summed E-state index contributed by atoms with van der Waals surface area (Å²) in [6, 6.07) is 0.301. The number of carbonyl (C=O) groups excluding carboxylic acids is 2. The molecule has 6 nitrogen and oxygen atoms in total. The molecule has 1 N–H and O–H groups in total. The second kappa shape index (κ2) is 6.44. The van der Waals surface area contributed by atoms with Crippen LogP contribution >= 0.6 is 0 Å². The Kier molecular flexibility index (Phi) is 5.21. The van der Waals surface area contributed by atoms with Crippen molar-refractivity contribution in [2.45, 2.75) is 19.9 Å². The number of nitrogens with one attached hydrogen (secondary N) is 1. The quantitative estimate of drug-likeness (QED) is 0.751. The standard InChI is InChI=1S/C11H21N3O3/c1-9(2)12-8-10(15)13-4-6-14(7-5-13)11(16)17-3/h9,12H,4-8H2,1-3H3. The topological polar surface area (TPSA) is 61.9 Å². The SMILES string of the molecule is COC(=O)N1CCN(C(=O)CNC(C)C)CC1. The van der Waals surface area contributed by atoms with Crippen LogP contribution in [-0.4, -0.2) is 67.7 Å². The fraction of sp³-hybridized carbons (Fsp3) is 0.818. The highest BCUT2D eigenvalue weighted by molar-refractivity contribution is 5.78. The van der Waals surface area contributed by atoms with Crippen molar-refractivity contribution in [2.75, 3.05) is 39.8 Å². The molecule has 0 aromatic heterocycles. The molecule has 2 amide bonds. The van der Waals surface area contributed by atoms with E-state index < -0.39 is 0 Å². The maximum Gasteiger partial charge on any atom is 0.409 e. The van der Waals surface area contributed by atoms with E-state index in [2.05, 4.69) is 10.1 Å². The van der Waals surface area contributed by atoms with Crippen LogP contribution < -0.4 is 5.32 Å². The van der Waals surface area contributed by atoms with Gasteiger partial charge in [-0.1, -0.05) is 13.8 Å². The highest BCUT2D eigenvalue weighted by Crippen LogP contribution is 2.03. The lowest BCUT2D eigenvalue weighted by molar-refractivity contribution is -0.131. The van der Waals surface area contributed by atoms with Crippen molar-refractivity contribution >= 4 is 12.0 Å². The van der Waals surface area contributed by atoms with E-state index in [-0.39, 0.29) is 12.0 Å². The third-order valence-corrected chi connectivity index (χ3v) is 2.73. The van der Waals surface area contributed by atoms with Gasteiger partial charge in [-0.3, -0.25) is 4.79 Å². The Morgan fingerprint density at radius 2 is 1.71 bits per heavy atom. The highest BCUT2D eigenvalue weighted by Gasteiger charge is 2.24. The number of nitrogens with zero attached hydrogens (tertiary/aromatic N) is 2. The summed E-state index contributed by atoms with van der Waals surface area (Å²) in [4.78, 5) is 26.4. The Hall–Kier alpha value is -1.30. The maximum atomic E-state index is 11.8. The predicted molar refractivity (Wildman–Crippen MR) is 63.7 cm³/mol. The first kappa shape index (κ1) is 13.8. The van der Waals surface area contributed by atoms with Gasteiger partial charge in [0.2, 0.25) is 5.91 Å². The fourth-order valence-corrected chi connectivity index (χ4v) is 1.67. The van der Waals surface area contributed by atoms with Crippen molar-refractivity contribution in [2.24, 2.45) is 0 Å². The molecule has 0 radical (unpaired) electrons. The van der Waals surface area contributed by atoms with Crippen LogP contribution in [-0.2, 0) is 9.53 Å². The molecule has 0 spiro atoms. The summed E-state index contributed by atoms with van der Waals surface area (Å²) >= 11 is 0. The molecule has 0 aromatic carbocycles. The number of rotatable bonds is 3. The molecule has 0 atom stereocenters. The van der Waals surface area contributed by atoms with Gasteiger partial charge in [-0.15, -0.1) is 0 Å². The Bertz CT molecular complexity index is 273. The van der Waals surface area contributed by atoms with E-state index in [4.69, 9.17) is 0 Å². The van der Waals surface area contributed by atoms with Gasteiger partial charge in [0.25, 0.3) is 0 Å². The number of ether oxygens (including phenoxy) is 1. The molecule has 6 heteroatoms. The summed E-state index contributed by atoms with van der Waals surface area (Å²) in [7, 11) is 1.37. The Morgan fingerprint density at radius 3 is 2.18 bits per heavy atom. The number of methoxy groups -OCH3 is 1. The molecule has 1 aliphatic heterocycles. The summed E-state index contributed by atoms with van der Waals surface area (Å²) in [5, 5.41) is 3.09. The van der Waals surface area contributed by atoms with Crippen molar-refractivity contribution < 1.29 is 14.3 Å². The molecular weight excluding hydrogens is 222 g/mol. The average molecular weight is 243 g/mol. The Morgan fingerprint density at radius 1 is 1.18 bits per heavy atom. The van der Waals surface area contributed by atoms with E-state index in [0.29, 0.717) is 38.8 Å². The number of amides is 2. The van der Waals surface area contributed by atoms with Crippen LogP contribution in [0.4, 0.5) is 4.79 Å². The van der Waals surface area contributed by atoms with Gasteiger partial charge in [0.15, 0.2) is 0 Å². The first-order valence-corrected chi connectivity index (χ1v) is 5.88. The van der Waals surface area contributed by atoms with Gasteiger partial charge in [0.1, 0.15) is 0 Å². The molecule has 1 heterocycles. The van der Waals surface area contributed by atoms with Gasteiger partial charge in [-0.05, 0) is 0 Å². The third kappa shape index (κ3) is 4.22. The molecule has 98 valence electrons. The predicted octanol–water partition coefficient (Wildman–Crippen LogP) is -0.105. The number of hydrogen-bond acceptors (Lipinski definition) is 4. The molecule has 17 heavy (non-hydrogen) atoms. The van der Waals surface area contributed by atoms with Gasteiger partial charge < -0.3 is 19.9 Å². The lowest BCUT2D eigenvalue weighted by Crippen LogP contribution is -2.52. The minimum absolute atomic E-state index is 0.0863. The van der Waals surface area contributed by atoms with Crippen LogP contribution in [0.5, 0.6) is 0 Å². The van der Waals surface area contributed by atoms with E-state index in [1.807, 2.05) is 13.8 Å². The van der Waals surface area contributed by atoms with Crippen molar-refractivity contribution in [1.82, 2.24) is 15.1 Å². The largest absolute Gasteiger partial charge is 0.453 e. The van der Waals surface area contributed by atoms with E-state index in [9.17, 15) is 9.59 Å². The molecule has 1 aliphatic rings. The minimum Gasteiger partial charge on any atom is -0.453 e. The Balaban J connectivity index is 2.31. The molecular formula is C11H21N3O3. The molecule has 1 rings (SSSR count). The van der Waals surface area contributed by atoms with Crippen molar-refractivity contribution in [3.8, 4) is 0 Å². The zero-order chi connectivity index (χ0) is 12.8. The van der Waals surface area contributed by atoms with Crippen molar-refractivity contribution in [1.29, 1.82) is 0 Å². The molecule has 0 bridgehead atoms. The van der Waals surface area contributed by atoms with Gasteiger partial charge in [0.05, 0.1) is 13.7 Å². The Labute approximate surface area is 102 Å². The minimum atomic E-state index is -0.322. The monoisotopic (exact) mass is 243 g/mol. The van der Waals surface area contributed by atoms with E-state index >= 15 is 0 Å². The molecule has 0 aromatic rings. The zero-order valence-electron chi connectivity index (χ0n) is 10.7. The van der Waals surface area contributed by atoms with Crippen LogP contribution in [0.15, 0.2) is 0 Å². The number of hydrogen-bond donors (Lipinski definition) is 1. The van der Waals surface area contributed by atoms with Crippen LogP contribution in [0.3, 0.4) is 0 Å². The van der Waals surface area contributed by atoms with Gasteiger partial charge in [-0.2, -0.15) is 0 Å². The molecule has 1 saturated heterocycles. The highest BCUT2D eigenvalue weighted by atomic mass is 16.5. The van der Waals surface area contributed by atoms with Crippen molar-refractivity contribution in [3.05, 3.63) is 0 Å². The molecule has 0 unspecified atom stereocenters. The van der Waals surface area contributed by atoms with E-state index in [1.54, 1.807) is 9.80 Å². The fourth-order valence-electron chi connectivity index (χ4n) is 1.67. The van der Waals surface area contributed by atoms with Gasteiger partial charge in [-0.25, -0.2) is 4.79 Å². The second-order valence-corrected chi connectivity index (χ2v) is 4.37. The van der Waals surface area contributed by atoms with Crippen LogP contribution in [0.2, 0.25) is 0 Å². The van der Waals surface area contributed by atoms with Gasteiger partial charge in [0, 0.05) is 32.2 Å². The molecule has 0 aliphatic carbocycles. The van der Waals surface area contributed by atoms with Gasteiger partial charge >= 0.3 is 6.09 Å². The number of piperazine rings is 1. The van der Waals surface area contributed by atoms with Crippen LogP contribution in [0.1, 0.15) is 13.8 Å². The lowest BCUT2D eigenvalue weighted by atomic mass is 10.3.